The molecule has 8 rings (SSSR count). The molecule has 0 aliphatic heterocycles. The quantitative estimate of drug-likeness (QED) is 0.0507. The number of nitrogens with two attached hydrogens (primary N) is 1. The predicted molar refractivity (Wildman–Crippen MR) is 266 cm³/mol. The lowest BCUT2D eigenvalue weighted by Crippen LogP contribution is -2.09. The summed E-state index contributed by atoms with van der Waals surface area (Å²) >= 11 is 11.1. The van der Waals surface area contributed by atoms with Crippen LogP contribution in [0, 0.1) is 10.1 Å². The Kier molecular flexibility index (Phi) is 22.9. The lowest BCUT2D eigenvalue weighted by atomic mass is 10.2. The van der Waals surface area contributed by atoms with Crippen LogP contribution in [0.3, 0.4) is 0 Å². The average Bonchev–Trinajstić information content (AvgIpc) is 3.34. The Morgan fingerprint density at radius 3 is 1.48 bits per heavy atom. The van der Waals surface area contributed by atoms with E-state index in [4.69, 9.17) is 43.1 Å². The summed E-state index contributed by atoms with van der Waals surface area (Å²) in [5.74, 6) is 3.19. The zero-order valence-electron chi connectivity index (χ0n) is 37.3. The van der Waals surface area contributed by atoms with Crippen molar-refractivity contribution in [3.8, 4) is 17.2 Å². The Hall–Kier alpha value is -8.67. The number of amides is 2. The zero-order valence-corrected chi connectivity index (χ0v) is 38.8. The van der Waals surface area contributed by atoms with Crippen LogP contribution in [0.25, 0.3) is 0 Å². The van der Waals surface area contributed by atoms with Crippen LogP contribution in [0.1, 0.15) is 30.5 Å². The molecule has 0 spiro atoms. The summed E-state index contributed by atoms with van der Waals surface area (Å²) in [6, 6.07) is 45.5. The molecule has 0 saturated heterocycles. The first kappa shape index (κ1) is 52.9. The van der Waals surface area contributed by atoms with Crippen molar-refractivity contribution in [1.29, 1.82) is 0 Å². The highest BCUT2D eigenvalue weighted by Crippen LogP contribution is 2.18. The third-order valence-corrected chi connectivity index (χ3v) is 8.65. The van der Waals surface area contributed by atoms with Crippen LogP contribution in [0.5, 0.6) is 17.2 Å². The number of ether oxygens (including phenoxy) is 3. The van der Waals surface area contributed by atoms with Crippen LogP contribution < -0.4 is 36.0 Å². The van der Waals surface area contributed by atoms with Crippen LogP contribution >= 0.6 is 23.2 Å². The molecule has 69 heavy (non-hydrogen) atoms. The summed E-state index contributed by atoms with van der Waals surface area (Å²) in [5.41, 5.74) is 8.72. The van der Waals surface area contributed by atoms with Gasteiger partial charge in [-0.25, -0.2) is 19.9 Å². The van der Waals surface area contributed by atoms with Crippen molar-refractivity contribution >= 4 is 58.2 Å². The van der Waals surface area contributed by atoms with Crippen LogP contribution in [0.2, 0.25) is 10.3 Å². The Morgan fingerprint density at radius 1 is 0.594 bits per heavy atom. The van der Waals surface area contributed by atoms with Gasteiger partial charge >= 0.3 is 0 Å². The smallest absolute Gasteiger partial charge is 0.274 e. The van der Waals surface area contributed by atoms with Crippen molar-refractivity contribution in [1.82, 2.24) is 24.9 Å². The topological polar surface area (TPSA) is 239 Å². The number of nitrogens with one attached hydrogen (secondary N) is 3. The van der Waals surface area contributed by atoms with Crippen molar-refractivity contribution in [2.45, 2.75) is 33.7 Å². The standard InChI is InChI=1S/C14H14N2O2.C12H10ClNO.C12H12N2O.C7H8N2O2.C5H3ClN2O2/c1-11(17)16-14-9-13(7-8-15-14)18-10-12-5-3-2-4-6-12;2*13-12-8-11(6-7-14-12)15-9-10-4-2-1-3-5-10;1-5(10)9-7-4-6(11)2-3-8-7;6-5-3-4(8(9)10)1-2-7-5/h2-9H,10H2,1H3,(H,15,16,17);1-8H,9H2;1-8H,9H2,(H2,13,14);2-4H,1H3,(H2,8,9,10,11);1-3H. The fourth-order valence-electron chi connectivity index (χ4n) is 5.18. The molecule has 354 valence electrons. The third kappa shape index (κ3) is 22.9. The van der Waals surface area contributed by atoms with E-state index in [-0.39, 0.29) is 28.1 Å². The molecule has 0 unspecified atom stereocenters. The molecular formula is C50H47Cl2N9O8. The minimum atomic E-state index is -0.520. The molecule has 5 heterocycles. The summed E-state index contributed by atoms with van der Waals surface area (Å²) in [5, 5.41) is 15.7. The number of rotatable bonds is 12. The molecule has 0 aliphatic carbocycles. The van der Waals surface area contributed by atoms with E-state index in [0.717, 1.165) is 28.2 Å². The number of pyridine rings is 5. The van der Waals surface area contributed by atoms with Crippen molar-refractivity contribution < 1.29 is 28.7 Å². The van der Waals surface area contributed by atoms with Crippen LogP contribution in [-0.4, -0.2) is 41.7 Å². The van der Waals surface area contributed by atoms with E-state index in [0.29, 0.717) is 48.2 Å². The molecule has 3 aromatic carbocycles. The van der Waals surface area contributed by atoms with Gasteiger partial charge in [-0.05, 0) is 34.9 Å². The number of carbonyl (C=O) groups excluding carboxylic acids is 2. The molecule has 19 heteroatoms. The van der Waals surface area contributed by atoms with Gasteiger partial charge in [-0.1, -0.05) is 114 Å². The molecule has 8 aromatic rings. The summed E-state index contributed by atoms with van der Waals surface area (Å²) in [7, 11) is 0. The molecule has 0 bridgehead atoms. The molecule has 5 aromatic heterocycles. The molecule has 0 aliphatic rings. The van der Waals surface area contributed by atoms with Crippen LogP contribution in [-0.2, 0) is 29.4 Å². The minimum Gasteiger partial charge on any atom is -0.489 e. The monoisotopic (exact) mass is 971 g/mol. The number of nitrogens with zero attached hydrogens (tertiary/aromatic N) is 5. The highest BCUT2D eigenvalue weighted by atomic mass is 35.5. The van der Waals surface area contributed by atoms with E-state index >= 15 is 0 Å². The van der Waals surface area contributed by atoms with E-state index in [1.54, 1.807) is 55.0 Å². The Labute approximate surface area is 407 Å². The number of hydrogen-bond donors (Lipinski definition) is 4. The van der Waals surface area contributed by atoms with E-state index in [1.165, 1.54) is 50.5 Å². The molecule has 17 nitrogen and oxygen atoms in total. The highest BCUT2D eigenvalue weighted by Gasteiger charge is 2.04. The van der Waals surface area contributed by atoms with Gasteiger partial charge in [-0.15, -0.1) is 0 Å². The maximum atomic E-state index is 10.9. The highest BCUT2D eigenvalue weighted by molar-refractivity contribution is 6.29. The van der Waals surface area contributed by atoms with E-state index in [2.05, 4.69) is 35.6 Å². The van der Waals surface area contributed by atoms with E-state index in [9.17, 15) is 24.5 Å². The van der Waals surface area contributed by atoms with Gasteiger partial charge in [-0.3, -0.25) is 24.5 Å². The second-order valence-electron chi connectivity index (χ2n) is 13.8. The normalized spacial score (nSPS) is 9.68. The van der Waals surface area contributed by atoms with E-state index in [1.807, 2.05) is 91.0 Å². The number of nitrogen functional groups attached to an aromatic ring is 1. The van der Waals surface area contributed by atoms with Crippen molar-refractivity contribution in [3.63, 3.8) is 0 Å². The van der Waals surface area contributed by atoms with Gasteiger partial charge in [0.2, 0.25) is 11.8 Å². The largest absolute Gasteiger partial charge is 0.489 e. The van der Waals surface area contributed by atoms with Gasteiger partial charge in [-0.2, -0.15) is 0 Å². The van der Waals surface area contributed by atoms with Crippen LogP contribution in [0.15, 0.2) is 187 Å². The molecule has 5 N–H and O–H groups in total. The predicted octanol–water partition coefficient (Wildman–Crippen LogP) is 10.2. The Morgan fingerprint density at radius 2 is 1.04 bits per heavy atom. The summed E-state index contributed by atoms with van der Waals surface area (Å²) < 4.78 is 16.7. The first-order chi connectivity index (χ1) is 33.3. The van der Waals surface area contributed by atoms with Crippen LogP contribution in [0.4, 0.5) is 23.1 Å². The Bertz CT molecular complexity index is 2780. The third-order valence-electron chi connectivity index (χ3n) is 8.24. The molecule has 0 radical (unpaired) electrons. The lowest BCUT2D eigenvalue weighted by Gasteiger charge is -2.07. The SMILES string of the molecule is CC(=O)Nc1cc(=O)cc[nH]1.CC(=O)Nc1cc(OCc2ccccc2)ccn1.Clc1cc(OCc2ccccc2)ccn1.Nc1cc(OCc2ccccc2)ccn1.O=[N+]([O-])c1ccnc(Cl)c1. The van der Waals surface area contributed by atoms with Gasteiger partial charge in [0.05, 0.1) is 11.0 Å². The lowest BCUT2D eigenvalue weighted by molar-refractivity contribution is -0.384. The minimum absolute atomic E-state index is 0.0417. The molecule has 0 fully saturated rings. The van der Waals surface area contributed by atoms with Gasteiger partial charge in [0, 0.05) is 81.2 Å². The summed E-state index contributed by atoms with van der Waals surface area (Å²) in [6.07, 6.45) is 7.64. The molecule has 2 amide bonds. The fourth-order valence-corrected chi connectivity index (χ4v) is 5.51. The number of hydrogen-bond acceptors (Lipinski definition) is 13. The number of aromatic amines is 1. The van der Waals surface area contributed by atoms with Gasteiger partial charge < -0.3 is 35.6 Å². The number of H-pyrrole nitrogens is 1. The molecule has 0 saturated carbocycles. The number of carbonyl (C=O) groups is 2. The zero-order chi connectivity index (χ0) is 49.6. The average molecular weight is 973 g/mol. The van der Waals surface area contributed by atoms with Crippen molar-refractivity contribution in [2.24, 2.45) is 0 Å². The van der Waals surface area contributed by atoms with Crippen molar-refractivity contribution in [2.75, 3.05) is 16.4 Å². The van der Waals surface area contributed by atoms with Gasteiger partial charge in [0.1, 0.15) is 64.8 Å². The first-order valence-corrected chi connectivity index (χ1v) is 21.4. The van der Waals surface area contributed by atoms with E-state index < -0.39 is 4.92 Å². The van der Waals surface area contributed by atoms with Gasteiger partial charge in [0.25, 0.3) is 5.69 Å². The molecular weight excluding hydrogens is 926 g/mol. The number of halogens is 2. The second kappa shape index (κ2) is 29.8. The number of benzene rings is 3. The number of aromatic nitrogens is 5. The first-order valence-electron chi connectivity index (χ1n) is 20.6. The van der Waals surface area contributed by atoms with Gasteiger partial charge in [0.15, 0.2) is 5.43 Å². The molecule has 0 atom stereocenters. The van der Waals surface area contributed by atoms with Crippen molar-refractivity contribution in [3.05, 3.63) is 230 Å². The maximum Gasteiger partial charge on any atom is 0.274 e. The maximum absolute atomic E-state index is 10.9. The number of anilines is 3. The summed E-state index contributed by atoms with van der Waals surface area (Å²) in [4.78, 5) is 59.7. The second-order valence-corrected chi connectivity index (χ2v) is 14.6. The number of nitro groups is 1. The summed E-state index contributed by atoms with van der Waals surface area (Å²) in [6.45, 7) is 4.40. The fraction of sp³-hybridized carbons (Fsp3) is 0.100. The Balaban J connectivity index is 0.000000191.